The summed E-state index contributed by atoms with van der Waals surface area (Å²) in [6.45, 7) is 4.33. The van der Waals surface area contributed by atoms with Crippen molar-refractivity contribution in [3.05, 3.63) is 235 Å². The van der Waals surface area contributed by atoms with Crippen LogP contribution in [-0.2, 0) is 0 Å². The molecule has 0 bridgehead atoms. The molecule has 0 aliphatic heterocycles. The van der Waals surface area contributed by atoms with Crippen LogP contribution in [0.1, 0.15) is 16.7 Å². The van der Waals surface area contributed by atoms with Gasteiger partial charge in [-0.15, -0.1) is 0 Å². The maximum atomic E-state index is 11.7. The molecular weight excluding hydrogens is 801 g/mol. The number of benzene rings is 9. The number of nitrogens with zero attached hydrogens (tertiary/aromatic N) is 4. The van der Waals surface area contributed by atoms with Crippen molar-refractivity contribution in [2.75, 3.05) is 0 Å². The number of aryl methyl sites for hydroxylation is 2. The smallest absolute Gasteiger partial charge is 0.104 e. The molecule has 0 N–H and O–H groups in total. The van der Waals surface area contributed by atoms with Crippen molar-refractivity contribution in [3.63, 3.8) is 0 Å². The van der Waals surface area contributed by atoms with Gasteiger partial charge in [0.2, 0.25) is 0 Å². The Balaban J connectivity index is 1.19. The van der Waals surface area contributed by atoms with Crippen molar-refractivity contribution in [1.82, 2.24) is 14.1 Å². The van der Waals surface area contributed by atoms with E-state index in [1.165, 1.54) is 22.3 Å². The van der Waals surface area contributed by atoms with E-state index in [-0.39, 0.29) is 0 Å². The van der Waals surface area contributed by atoms with E-state index in [1.54, 1.807) is 0 Å². The van der Waals surface area contributed by atoms with Gasteiger partial charge in [0.25, 0.3) is 0 Å². The van der Waals surface area contributed by atoms with Crippen molar-refractivity contribution < 1.29 is 0 Å². The van der Waals surface area contributed by atoms with Crippen LogP contribution in [0.5, 0.6) is 0 Å². The number of aromatic nitrogens is 3. The SMILES string of the molecule is Cc1ccccc1-c1ccc2c(c1)c1ccccc1n2-c1cc(-c2cc(-c3ccccc3)nc(-c3ccccc3)c2)cc(-n2c3ccccc3c3cc(-c4ccccc4C)ccc32)c1C#N. The highest BCUT2D eigenvalue weighted by molar-refractivity contribution is 6.12. The van der Waals surface area contributed by atoms with Gasteiger partial charge in [-0.1, -0.05) is 158 Å². The van der Waals surface area contributed by atoms with Gasteiger partial charge in [-0.3, -0.25) is 0 Å². The summed E-state index contributed by atoms with van der Waals surface area (Å²) in [5, 5.41) is 16.2. The number of rotatable bonds is 7. The first-order valence-corrected chi connectivity index (χ1v) is 22.4. The Labute approximate surface area is 383 Å². The van der Waals surface area contributed by atoms with Crippen LogP contribution < -0.4 is 0 Å². The summed E-state index contributed by atoms with van der Waals surface area (Å²) in [5.74, 6) is 0. The van der Waals surface area contributed by atoms with Crippen LogP contribution in [0.15, 0.2) is 218 Å². The molecule has 0 saturated heterocycles. The summed E-state index contributed by atoms with van der Waals surface area (Å²) in [4.78, 5) is 5.26. The first-order valence-electron chi connectivity index (χ1n) is 22.4. The molecule has 0 fully saturated rings. The van der Waals surface area contributed by atoms with Gasteiger partial charge in [0.05, 0.1) is 44.8 Å². The Kier molecular flexibility index (Phi) is 9.29. The Bertz CT molecular complexity index is 3660. The topological polar surface area (TPSA) is 46.5 Å². The quantitative estimate of drug-likeness (QED) is 0.160. The molecule has 0 saturated carbocycles. The fraction of sp³-hybridized carbons (Fsp3) is 0.0323. The van der Waals surface area contributed by atoms with Gasteiger partial charge in [-0.2, -0.15) is 5.26 Å². The number of para-hydroxylation sites is 2. The van der Waals surface area contributed by atoms with Crippen LogP contribution in [0.3, 0.4) is 0 Å². The first kappa shape index (κ1) is 38.9. The monoisotopic (exact) mass is 842 g/mol. The van der Waals surface area contributed by atoms with Crippen LogP contribution >= 0.6 is 0 Å². The maximum absolute atomic E-state index is 11.7. The molecule has 0 aliphatic carbocycles. The highest BCUT2D eigenvalue weighted by atomic mass is 15.0. The van der Waals surface area contributed by atoms with Crippen LogP contribution in [0.25, 0.3) is 111 Å². The van der Waals surface area contributed by atoms with Gasteiger partial charge in [0.15, 0.2) is 0 Å². The fourth-order valence-corrected chi connectivity index (χ4v) is 10.1. The molecular formula is C62H42N4. The van der Waals surface area contributed by atoms with E-state index in [4.69, 9.17) is 4.98 Å². The molecule has 0 amide bonds. The summed E-state index contributed by atoms with van der Waals surface area (Å²) in [7, 11) is 0. The average molecular weight is 843 g/mol. The molecule has 4 nitrogen and oxygen atoms in total. The number of pyridine rings is 1. The summed E-state index contributed by atoms with van der Waals surface area (Å²) >= 11 is 0. The van der Waals surface area contributed by atoms with Gasteiger partial charge in [-0.05, 0) is 119 Å². The number of hydrogen-bond acceptors (Lipinski definition) is 2. The Morgan fingerprint density at radius 1 is 0.348 bits per heavy atom. The van der Waals surface area contributed by atoms with E-state index in [0.29, 0.717) is 5.56 Å². The fourth-order valence-electron chi connectivity index (χ4n) is 10.1. The Hall–Kier alpha value is -8.78. The molecule has 12 aromatic rings. The lowest BCUT2D eigenvalue weighted by molar-refractivity contribution is 1.12. The first-order chi connectivity index (χ1) is 32.5. The van der Waals surface area contributed by atoms with Crippen LogP contribution in [0, 0.1) is 25.2 Å². The minimum absolute atomic E-state index is 0.579. The van der Waals surface area contributed by atoms with E-state index in [1.807, 2.05) is 12.1 Å². The van der Waals surface area contributed by atoms with E-state index < -0.39 is 0 Å². The summed E-state index contributed by atoms with van der Waals surface area (Å²) in [6.07, 6.45) is 0. The van der Waals surface area contributed by atoms with Gasteiger partial charge in [0.1, 0.15) is 11.6 Å². The molecule has 310 valence electrons. The third-order valence-electron chi connectivity index (χ3n) is 13.2. The summed E-state index contributed by atoms with van der Waals surface area (Å²) < 4.78 is 4.61. The summed E-state index contributed by atoms with van der Waals surface area (Å²) in [5.41, 5.74) is 19.3. The van der Waals surface area contributed by atoms with Crippen molar-refractivity contribution in [3.8, 4) is 73.3 Å². The molecule has 9 aromatic carbocycles. The normalized spacial score (nSPS) is 11.5. The van der Waals surface area contributed by atoms with Gasteiger partial charge in [-0.25, -0.2) is 4.98 Å². The molecule has 0 radical (unpaired) electrons. The molecule has 3 aromatic heterocycles. The molecule has 3 heterocycles. The van der Waals surface area contributed by atoms with E-state index >= 15 is 0 Å². The van der Waals surface area contributed by atoms with E-state index in [9.17, 15) is 5.26 Å². The second-order valence-electron chi connectivity index (χ2n) is 17.2. The molecule has 0 aliphatic rings. The van der Waals surface area contributed by atoms with Crippen molar-refractivity contribution in [1.29, 1.82) is 5.26 Å². The number of nitriles is 1. The van der Waals surface area contributed by atoms with Crippen molar-refractivity contribution in [2.24, 2.45) is 0 Å². The lowest BCUT2D eigenvalue weighted by atomic mass is 9.96. The zero-order valence-corrected chi connectivity index (χ0v) is 36.6. The third-order valence-corrected chi connectivity index (χ3v) is 13.2. The average Bonchev–Trinajstić information content (AvgIpc) is 3.88. The second kappa shape index (κ2) is 15.8. The van der Waals surface area contributed by atoms with Gasteiger partial charge >= 0.3 is 0 Å². The molecule has 66 heavy (non-hydrogen) atoms. The predicted molar refractivity (Wildman–Crippen MR) is 274 cm³/mol. The number of fused-ring (bicyclic) bond motifs is 6. The largest absolute Gasteiger partial charge is 0.308 e. The maximum Gasteiger partial charge on any atom is 0.104 e. The van der Waals surface area contributed by atoms with Crippen LogP contribution in [-0.4, -0.2) is 14.1 Å². The molecule has 0 spiro atoms. The molecule has 0 unspecified atom stereocenters. The van der Waals surface area contributed by atoms with E-state index in [0.717, 1.165) is 99.8 Å². The molecule has 12 rings (SSSR count). The lowest BCUT2D eigenvalue weighted by Crippen LogP contribution is -2.05. The van der Waals surface area contributed by atoms with Crippen molar-refractivity contribution in [2.45, 2.75) is 13.8 Å². The zero-order valence-electron chi connectivity index (χ0n) is 36.6. The highest BCUT2D eigenvalue weighted by Crippen LogP contribution is 2.43. The molecule has 4 heteroatoms. The molecule has 0 atom stereocenters. The zero-order chi connectivity index (χ0) is 44.3. The van der Waals surface area contributed by atoms with Gasteiger partial charge < -0.3 is 9.13 Å². The predicted octanol–water partition coefficient (Wildman–Crippen LogP) is 16.1. The van der Waals surface area contributed by atoms with E-state index in [2.05, 4.69) is 235 Å². The number of hydrogen-bond donors (Lipinski definition) is 0. The standard InChI is InChI=1S/C62H42N4/c1-40-17-9-11-23-48(40)44-29-31-59-52(33-44)50-25-13-15-27-57(50)65(59)61-37-47(46-35-55(42-19-5-3-6-20-42)64-56(36-46)43-21-7-4-8-22-43)38-62(54(61)39-63)66-58-28-16-14-26-51(58)53-34-45(30-32-60(53)66)49-24-12-10-18-41(49)2/h3-38H,1-2H3. The minimum Gasteiger partial charge on any atom is -0.308 e. The Morgan fingerprint density at radius 3 is 1.20 bits per heavy atom. The second-order valence-corrected chi connectivity index (χ2v) is 17.2. The minimum atomic E-state index is 0.579. The third kappa shape index (κ3) is 6.40. The van der Waals surface area contributed by atoms with Crippen molar-refractivity contribution >= 4 is 43.6 Å². The highest BCUT2D eigenvalue weighted by Gasteiger charge is 2.24. The Morgan fingerprint density at radius 2 is 0.742 bits per heavy atom. The van der Waals surface area contributed by atoms with Gasteiger partial charge in [0, 0.05) is 32.7 Å². The summed E-state index contributed by atoms with van der Waals surface area (Å²) in [6, 6.07) is 80.1. The van der Waals surface area contributed by atoms with Crippen LogP contribution in [0.2, 0.25) is 0 Å². The lowest BCUT2D eigenvalue weighted by Gasteiger charge is -2.19. The van der Waals surface area contributed by atoms with Crippen LogP contribution in [0.4, 0.5) is 0 Å².